The summed E-state index contributed by atoms with van der Waals surface area (Å²) in [5.74, 6) is 1.49. The Bertz CT molecular complexity index is 718. The van der Waals surface area contributed by atoms with E-state index in [1.165, 1.54) is 0 Å². The summed E-state index contributed by atoms with van der Waals surface area (Å²) in [4.78, 5) is 9.15. The number of hydrogen-bond acceptors (Lipinski definition) is 4. The predicted octanol–water partition coefficient (Wildman–Crippen LogP) is 2.59. The Labute approximate surface area is 117 Å². The fourth-order valence-corrected chi connectivity index (χ4v) is 2.05. The molecule has 5 heteroatoms. The van der Waals surface area contributed by atoms with E-state index in [9.17, 15) is 0 Å². The summed E-state index contributed by atoms with van der Waals surface area (Å²) >= 11 is 0. The van der Waals surface area contributed by atoms with Gasteiger partial charge in [0.25, 0.3) is 0 Å². The average molecular weight is 265 g/mol. The van der Waals surface area contributed by atoms with Crippen LogP contribution in [0.15, 0.2) is 48.7 Å². The first-order valence-electron chi connectivity index (χ1n) is 6.38. The number of aromatic nitrogens is 4. The Morgan fingerprint density at radius 2 is 1.85 bits per heavy atom. The fraction of sp³-hybridized carbons (Fsp3) is 0.133. The minimum atomic E-state index is 0.702. The van der Waals surface area contributed by atoms with E-state index in [0.717, 1.165) is 22.8 Å². The van der Waals surface area contributed by atoms with Gasteiger partial charge in [0.2, 0.25) is 0 Å². The van der Waals surface area contributed by atoms with Crippen LogP contribution < -0.4 is 5.32 Å². The lowest BCUT2D eigenvalue weighted by Gasteiger charge is -2.08. The van der Waals surface area contributed by atoms with Crippen molar-refractivity contribution in [3.8, 4) is 22.8 Å². The van der Waals surface area contributed by atoms with Gasteiger partial charge >= 0.3 is 0 Å². The van der Waals surface area contributed by atoms with Crippen LogP contribution in [0.2, 0.25) is 0 Å². The molecular weight excluding hydrogens is 250 g/mol. The summed E-state index contributed by atoms with van der Waals surface area (Å²) in [5, 5.41) is 7.26. The summed E-state index contributed by atoms with van der Waals surface area (Å²) in [6.07, 6.45) is 1.76. The van der Waals surface area contributed by atoms with Crippen LogP contribution in [0.25, 0.3) is 22.8 Å². The van der Waals surface area contributed by atoms with Crippen LogP contribution in [0.4, 0.5) is 5.82 Å². The molecule has 0 aliphatic heterocycles. The first-order valence-corrected chi connectivity index (χ1v) is 6.38. The van der Waals surface area contributed by atoms with E-state index in [1.54, 1.807) is 10.9 Å². The highest BCUT2D eigenvalue weighted by molar-refractivity contribution is 5.65. The Kier molecular flexibility index (Phi) is 3.16. The Morgan fingerprint density at radius 1 is 1.05 bits per heavy atom. The smallest absolute Gasteiger partial charge is 0.162 e. The van der Waals surface area contributed by atoms with Crippen LogP contribution in [0.1, 0.15) is 0 Å². The molecule has 3 aromatic rings. The molecule has 100 valence electrons. The number of nitrogens with zero attached hydrogens (tertiary/aromatic N) is 4. The molecule has 3 rings (SSSR count). The standard InChI is InChI=1S/C15H15N5/c1-16-14-10-12(13-8-9-17-20(13)2)18-15(19-14)11-6-4-3-5-7-11/h3-10H,1-2H3,(H,16,18,19). The van der Waals surface area contributed by atoms with Crippen molar-refractivity contribution in [1.29, 1.82) is 0 Å². The lowest BCUT2D eigenvalue weighted by Crippen LogP contribution is -2.01. The van der Waals surface area contributed by atoms with Crippen molar-refractivity contribution in [2.24, 2.45) is 7.05 Å². The molecule has 0 aliphatic carbocycles. The van der Waals surface area contributed by atoms with Crippen LogP contribution >= 0.6 is 0 Å². The third-order valence-electron chi connectivity index (χ3n) is 3.10. The molecule has 0 unspecified atom stereocenters. The highest BCUT2D eigenvalue weighted by Gasteiger charge is 2.10. The first kappa shape index (κ1) is 12.3. The van der Waals surface area contributed by atoms with E-state index in [-0.39, 0.29) is 0 Å². The summed E-state index contributed by atoms with van der Waals surface area (Å²) in [5.41, 5.74) is 2.80. The van der Waals surface area contributed by atoms with Crippen molar-refractivity contribution in [2.45, 2.75) is 0 Å². The summed E-state index contributed by atoms with van der Waals surface area (Å²) in [6.45, 7) is 0. The van der Waals surface area contributed by atoms with Gasteiger partial charge in [0.05, 0.1) is 11.4 Å². The number of benzene rings is 1. The van der Waals surface area contributed by atoms with Crippen LogP contribution in [0.3, 0.4) is 0 Å². The van der Waals surface area contributed by atoms with Crippen molar-refractivity contribution >= 4 is 5.82 Å². The molecule has 0 atom stereocenters. The lowest BCUT2D eigenvalue weighted by molar-refractivity contribution is 0.773. The Morgan fingerprint density at radius 3 is 2.50 bits per heavy atom. The van der Waals surface area contributed by atoms with Crippen molar-refractivity contribution in [1.82, 2.24) is 19.7 Å². The van der Waals surface area contributed by atoms with E-state index < -0.39 is 0 Å². The molecule has 0 spiro atoms. The molecule has 0 radical (unpaired) electrons. The normalized spacial score (nSPS) is 10.5. The number of anilines is 1. The van der Waals surface area contributed by atoms with Crippen molar-refractivity contribution in [2.75, 3.05) is 12.4 Å². The maximum absolute atomic E-state index is 4.64. The molecule has 2 aromatic heterocycles. The third kappa shape index (κ3) is 2.25. The molecular formula is C15H15N5. The molecule has 1 N–H and O–H groups in total. The minimum Gasteiger partial charge on any atom is -0.373 e. The maximum atomic E-state index is 4.64. The van der Waals surface area contributed by atoms with Crippen molar-refractivity contribution < 1.29 is 0 Å². The van der Waals surface area contributed by atoms with Gasteiger partial charge in [-0.1, -0.05) is 30.3 Å². The average Bonchev–Trinajstić information content (AvgIpc) is 2.94. The highest BCUT2D eigenvalue weighted by Crippen LogP contribution is 2.23. The quantitative estimate of drug-likeness (QED) is 0.791. The van der Waals surface area contributed by atoms with Gasteiger partial charge in [-0.2, -0.15) is 5.10 Å². The molecule has 0 fully saturated rings. The second kappa shape index (κ2) is 5.13. The zero-order chi connectivity index (χ0) is 13.9. The monoisotopic (exact) mass is 265 g/mol. The highest BCUT2D eigenvalue weighted by atomic mass is 15.3. The van der Waals surface area contributed by atoms with Gasteiger partial charge in [-0.3, -0.25) is 4.68 Å². The predicted molar refractivity (Wildman–Crippen MR) is 79.2 cm³/mol. The van der Waals surface area contributed by atoms with E-state index in [2.05, 4.69) is 20.4 Å². The largest absolute Gasteiger partial charge is 0.373 e. The van der Waals surface area contributed by atoms with Gasteiger partial charge < -0.3 is 5.32 Å². The fourth-order valence-electron chi connectivity index (χ4n) is 2.05. The first-order chi connectivity index (χ1) is 9.78. The number of rotatable bonds is 3. The maximum Gasteiger partial charge on any atom is 0.162 e. The Hall–Kier alpha value is -2.69. The molecule has 0 bridgehead atoms. The number of aryl methyl sites for hydroxylation is 1. The molecule has 0 saturated heterocycles. The molecule has 0 aliphatic rings. The van der Waals surface area contributed by atoms with Crippen molar-refractivity contribution in [3.05, 3.63) is 48.7 Å². The Balaban J connectivity index is 2.15. The molecule has 20 heavy (non-hydrogen) atoms. The minimum absolute atomic E-state index is 0.702. The number of nitrogens with one attached hydrogen (secondary N) is 1. The van der Waals surface area contributed by atoms with Crippen LogP contribution in [0, 0.1) is 0 Å². The summed E-state index contributed by atoms with van der Waals surface area (Å²) in [6, 6.07) is 13.8. The zero-order valence-corrected chi connectivity index (χ0v) is 11.4. The van der Waals surface area contributed by atoms with E-state index in [0.29, 0.717) is 5.82 Å². The molecule has 0 saturated carbocycles. The van der Waals surface area contributed by atoms with Gasteiger partial charge in [-0.25, -0.2) is 9.97 Å². The SMILES string of the molecule is CNc1cc(-c2ccnn2C)nc(-c2ccccc2)n1. The van der Waals surface area contributed by atoms with Gasteiger partial charge in [0, 0.05) is 31.9 Å². The molecule has 2 heterocycles. The van der Waals surface area contributed by atoms with Gasteiger partial charge in [-0.15, -0.1) is 0 Å². The second-order valence-corrected chi connectivity index (χ2v) is 4.42. The van der Waals surface area contributed by atoms with Crippen LogP contribution in [0.5, 0.6) is 0 Å². The van der Waals surface area contributed by atoms with Gasteiger partial charge in [-0.05, 0) is 6.07 Å². The van der Waals surface area contributed by atoms with Crippen LogP contribution in [-0.4, -0.2) is 26.8 Å². The summed E-state index contributed by atoms with van der Waals surface area (Å²) < 4.78 is 1.80. The third-order valence-corrected chi connectivity index (χ3v) is 3.10. The topological polar surface area (TPSA) is 55.6 Å². The van der Waals surface area contributed by atoms with Gasteiger partial charge in [0.1, 0.15) is 5.82 Å². The van der Waals surface area contributed by atoms with Gasteiger partial charge in [0.15, 0.2) is 5.82 Å². The molecule has 0 amide bonds. The molecule has 5 nitrogen and oxygen atoms in total. The zero-order valence-electron chi connectivity index (χ0n) is 11.4. The number of hydrogen-bond donors (Lipinski definition) is 1. The van der Waals surface area contributed by atoms with E-state index >= 15 is 0 Å². The summed E-state index contributed by atoms with van der Waals surface area (Å²) in [7, 11) is 3.75. The van der Waals surface area contributed by atoms with E-state index in [1.807, 2.05) is 56.6 Å². The van der Waals surface area contributed by atoms with E-state index in [4.69, 9.17) is 0 Å². The lowest BCUT2D eigenvalue weighted by atomic mass is 10.2. The van der Waals surface area contributed by atoms with Crippen LogP contribution in [-0.2, 0) is 7.05 Å². The molecule has 1 aromatic carbocycles. The van der Waals surface area contributed by atoms with Crippen molar-refractivity contribution in [3.63, 3.8) is 0 Å². The second-order valence-electron chi connectivity index (χ2n) is 4.42.